The lowest BCUT2D eigenvalue weighted by atomic mass is 9.91. The first-order valence-corrected chi connectivity index (χ1v) is 9.04. The Morgan fingerprint density at radius 2 is 1.58 bits per heavy atom. The summed E-state index contributed by atoms with van der Waals surface area (Å²) in [6.45, 7) is 7.53. The average Bonchev–Trinajstić information content (AvgIpc) is 2.63. The summed E-state index contributed by atoms with van der Waals surface area (Å²) in [5, 5.41) is 1.55. The molecule has 138 valence electrons. The predicted octanol–water partition coefficient (Wildman–Crippen LogP) is 4.57. The molecule has 0 fully saturated rings. The molecule has 26 heavy (non-hydrogen) atoms. The van der Waals surface area contributed by atoms with Crippen LogP contribution in [0.3, 0.4) is 0 Å². The van der Waals surface area contributed by atoms with Crippen LogP contribution in [0.25, 0.3) is 10.8 Å². The molecule has 0 saturated carbocycles. The van der Waals surface area contributed by atoms with Crippen molar-refractivity contribution < 1.29 is 23.8 Å². The molecule has 5 nitrogen and oxygen atoms in total. The number of ether oxygens (including phenoxy) is 3. The minimum Gasteiger partial charge on any atom is -0.487 e. The SMILES string of the molecule is CCC(=O)Oc1c2c(c3ccccc3c1OC(=O)CC)OC(C)(C)CC2. The molecule has 3 rings (SSSR count). The lowest BCUT2D eigenvalue weighted by Gasteiger charge is -2.34. The van der Waals surface area contributed by atoms with Gasteiger partial charge in [-0.1, -0.05) is 38.1 Å². The molecular formula is C21H24O5. The van der Waals surface area contributed by atoms with Gasteiger partial charge < -0.3 is 14.2 Å². The van der Waals surface area contributed by atoms with E-state index >= 15 is 0 Å². The molecule has 1 aliphatic heterocycles. The quantitative estimate of drug-likeness (QED) is 0.593. The summed E-state index contributed by atoms with van der Waals surface area (Å²) >= 11 is 0. The first kappa shape index (κ1) is 18.2. The maximum Gasteiger partial charge on any atom is 0.311 e. The summed E-state index contributed by atoms with van der Waals surface area (Å²) in [5.74, 6) is 0.563. The highest BCUT2D eigenvalue weighted by molar-refractivity contribution is 5.99. The summed E-state index contributed by atoms with van der Waals surface area (Å²) < 4.78 is 17.5. The van der Waals surface area contributed by atoms with E-state index in [1.54, 1.807) is 13.8 Å². The van der Waals surface area contributed by atoms with Gasteiger partial charge in [-0.25, -0.2) is 0 Å². The van der Waals surface area contributed by atoms with Gasteiger partial charge in [0.2, 0.25) is 0 Å². The van der Waals surface area contributed by atoms with E-state index in [-0.39, 0.29) is 30.4 Å². The Morgan fingerprint density at radius 3 is 2.19 bits per heavy atom. The molecule has 0 amide bonds. The minimum atomic E-state index is -0.374. The van der Waals surface area contributed by atoms with E-state index < -0.39 is 0 Å². The summed E-state index contributed by atoms with van der Waals surface area (Å²) in [6.07, 6.45) is 1.91. The van der Waals surface area contributed by atoms with E-state index in [9.17, 15) is 9.59 Å². The van der Waals surface area contributed by atoms with E-state index in [0.29, 0.717) is 29.1 Å². The molecular weight excluding hydrogens is 332 g/mol. The Balaban J connectivity index is 2.30. The number of hydrogen-bond donors (Lipinski definition) is 0. The van der Waals surface area contributed by atoms with E-state index in [1.165, 1.54) is 0 Å². The number of benzene rings is 2. The first-order valence-electron chi connectivity index (χ1n) is 9.04. The van der Waals surface area contributed by atoms with Crippen LogP contribution in [-0.4, -0.2) is 17.5 Å². The highest BCUT2D eigenvalue weighted by atomic mass is 16.6. The molecule has 0 radical (unpaired) electrons. The zero-order valence-electron chi connectivity index (χ0n) is 15.7. The number of carbonyl (C=O) groups excluding carboxylic acids is 2. The van der Waals surface area contributed by atoms with Gasteiger partial charge >= 0.3 is 11.9 Å². The second-order valence-electron chi connectivity index (χ2n) is 7.03. The number of carbonyl (C=O) groups is 2. The van der Waals surface area contributed by atoms with E-state index in [2.05, 4.69) is 0 Å². The zero-order chi connectivity index (χ0) is 18.9. The van der Waals surface area contributed by atoms with Gasteiger partial charge in [-0.15, -0.1) is 0 Å². The zero-order valence-corrected chi connectivity index (χ0v) is 15.7. The molecule has 0 N–H and O–H groups in total. The summed E-state index contributed by atoms with van der Waals surface area (Å²) in [5.41, 5.74) is 0.465. The van der Waals surface area contributed by atoms with Gasteiger partial charge in [0, 0.05) is 29.2 Å². The van der Waals surface area contributed by atoms with Gasteiger partial charge in [-0.2, -0.15) is 0 Å². The smallest absolute Gasteiger partial charge is 0.311 e. The van der Waals surface area contributed by atoms with Crippen molar-refractivity contribution in [3.63, 3.8) is 0 Å². The van der Waals surface area contributed by atoms with Crippen molar-refractivity contribution in [2.24, 2.45) is 0 Å². The van der Waals surface area contributed by atoms with Gasteiger partial charge in [-0.05, 0) is 26.7 Å². The van der Waals surface area contributed by atoms with Crippen molar-refractivity contribution in [1.29, 1.82) is 0 Å². The van der Waals surface area contributed by atoms with Crippen LogP contribution in [0.2, 0.25) is 0 Å². The molecule has 1 aliphatic rings. The lowest BCUT2D eigenvalue weighted by molar-refractivity contribution is -0.136. The highest BCUT2D eigenvalue weighted by Crippen LogP contribution is 2.50. The predicted molar refractivity (Wildman–Crippen MR) is 98.8 cm³/mol. The fourth-order valence-electron chi connectivity index (χ4n) is 3.08. The van der Waals surface area contributed by atoms with Gasteiger partial charge in [0.25, 0.3) is 0 Å². The molecule has 0 aliphatic carbocycles. The molecule has 2 aromatic rings. The number of rotatable bonds is 4. The minimum absolute atomic E-state index is 0.231. The lowest BCUT2D eigenvalue weighted by Crippen LogP contribution is -2.33. The average molecular weight is 356 g/mol. The van der Waals surface area contributed by atoms with Gasteiger partial charge in [0.15, 0.2) is 11.5 Å². The molecule has 0 bridgehead atoms. The van der Waals surface area contributed by atoms with Crippen LogP contribution < -0.4 is 14.2 Å². The van der Waals surface area contributed by atoms with Gasteiger partial charge in [-0.3, -0.25) is 9.59 Å². The molecule has 0 saturated heterocycles. The molecule has 1 heterocycles. The molecule has 5 heteroatoms. The van der Waals surface area contributed by atoms with Crippen LogP contribution in [0.5, 0.6) is 17.2 Å². The normalized spacial score (nSPS) is 15.1. The first-order chi connectivity index (χ1) is 12.4. The Hall–Kier alpha value is -2.56. The topological polar surface area (TPSA) is 61.8 Å². The summed E-state index contributed by atoms with van der Waals surface area (Å²) in [6, 6.07) is 7.56. The number of esters is 2. The maximum absolute atomic E-state index is 12.0. The highest BCUT2D eigenvalue weighted by Gasteiger charge is 2.33. The summed E-state index contributed by atoms with van der Waals surface area (Å²) in [7, 11) is 0. The fraction of sp³-hybridized carbons (Fsp3) is 0.429. The third kappa shape index (κ3) is 3.39. The van der Waals surface area contributed by atoms with Crippen molar-refractivity contribution in [1.82, 2.24) is 0 Å². The van der Waals surface area contributed by atoms with Gasteiger partial charge in [0.1, 0.15) is 11.4 Å². The monoisotopic (exact) mass is 356 g/mol. The Labute approximate surface area is 153 Å². The van der Waals surface area contributed by atoms with Crippen LogP contribution in [0, 0.1) is 0 Å². The van der Waals surface area contributed by atoms with Crippen molar-refractivity contribution in [3.8, 4) is 17.2 Å². The van der Waals surface area contributed by atoms with Crippen LogP contribution in [-0.2, 0) is 16.0 Å². The van der Waals surface area contributed by atoms with E-state index in [4.69, 9.17) is 14.2 Å². The van der Waals surface area contributed by atoms with E-state index in [0.717, 1.165) is 17.4 Å². The third-order valence-electron chi connectivity index (χ3n) is 4.54. The van der Waals surface area contributed by atoms with E-state index in [1.807, 2.05) is 38.1 Å². The Bertz CT molecular complexity index is 866. The molecule has 2 aromatic carbocycles. The molecule has 0 aromatic heterocycles. The van der Waals surface area contributed by atoms with Gasteiger partial charge in [0.05, 0.1) is 0 Å². The maximum atomic E-state index is 12.0. The standard InChI is InChI=1S/C21H24O5/c1-5-16(22)24-19-14-10-8-7-9-13(14)18-15(11-12-21(3,4)26-18)20(19)25-17(23)6-2/h7-10H,5-6,11-12H2,1-4H3. The molecule has 0 atom stereocenters. The van der Waals surface area contributed by atoms with Crippen LogP contribution in [0.4, 0.5) is 0 Å². The van der Waals surface area contributed by atoms with Crippen molar-refractivity contribution in [2.75, 3.05) is 0 Å². The Kier molecular flexibility index (Phi) is 4.90. The second-order valence-corrected chi connectivity index (χ2v) is 7.03. The van der Waals surface area contributed by atoms with Crippen molar-refractivity contribution in [3.05, 3.63) is 29.8 Å². The van der Waals surface area contributed by atoms with Crippen LogP contribution >= 0.6 is 0 Å². The van der Waals surface area contributed by atoms with Crippen LogP contribution in [0.15, 0.2) is 24.3 Å². The molecule has 0 spiro atoms. The number of hydrogen-bond acceptors (Lipinski definition) is 5. The second kappa shape index (κ2) is 6.98. The van der Waals surface area contributed by atoms with Crippen LogP contribution in [0.1, 0.15) is 52.5 Å². The largest absolute Gasteiger partial charge is 0.487 e. The molecule has 0 unspecified atom stereocenters. The third-order valence-corrected chi connectivity index (χ3v) is 4.54. The fourth-order valence-corrected chi connectivity index (χ4v) is 3.08. The summed E-state index contributed by atoms with van der Waals surface area (Å²) in [4.78, 5) is 24.0. The van der Waals surface area contributed by atoms with Crippen molar-refractivity contribution in [2.45, 2.75) is 59.0 Å². The number of fused-ring (bicyclic) bond motifs is 3. The Morgan fingerprint density at radius 1 is 1.00 bits per heavy atom. The van der Waals surface area contributed by atoms with Crippen molar-refractivity contribution >= 4 is 22.7 Å².